The van der Waals surface area contributed by atoms with Gasteiger partial charge in [0.25, 0.3) is 0 Å². The van der Waals surface area contributed by atoms with Gasteiger partial charge >= 0.3 is 5.97 Å². The fraction of sp³-hybridized carbons (Fsp3) is 0.231. The summed E-state index contributed by atoms with van der Waals surface area (Å²) in [6.07, 6.45) is -0.0367. The Morgan fingerprint density at radius 1 is 1.35 bits per heavy atom. The molecule has 4 heteroatoms. The number of pyridine rings is 1. The van der Waals surface area contributed by atoms with Gasteiger partial charge in [0.1, 0.15) is 0 Å². The quantitative estimate of drug-likeness (QED) is 0.890. The molecule has 0 spiro atoms. The monoisotopic (exact) mass is 249 g/mol. The minimum Gasteiger partial charge on any atom is -0.481 e. The van der Waals surface area contributed by atoms with Crippen molar-refractivity contribution in [1.82, 2.24) is 4.98 Å². The average molecular weight is 250 g/mol. The molecule has 0 aliphatic heterocycles. The van der Waals surface area contributed by atoms with Gasteiger partial charge in [-0.25, -0.2) is 0 Å². The number of aryl methyl sites for hydroxylation is 2. The van der Waals surface area contributed by atoms with E-state index in [1.165, 1.54) is 0 Å². The third-order valence-corrected chi connectivity index (χ3v) is 2.87. The van der Waals surface area contributed by atoms with Crippen LogP contribution in [0.1, 0.15) is 16.8 Å². The summed E-state index contributed by atoms with van der Waals surface area (Å²) in [6, 6.07) is 5.56. The van der Waals surface area contributed by atoms with E-state index in [2.05, 4.69) is 4.98 Å². The topological polar surface area (TPSA) is 50.2 Å². The van der Waals surface area contributed by atoms with Gasteiger partial charge in [0.05, 0.1) is 17.0 Å². The number of nitrogens with zero attached hydrogens (tertiary/aromatic N) is 1. The molecular weight excluding hydrogens is 238 g/mol. The minimum absolute atomic E-state index is 0.0367. The molecule has 2 aromatic rings. The number of carboxylic acids is 1. The van der Waals surface area contributed by atoms with Crippen LogP contribution in [0.3, 0.4) is 0 Å². The number of carboxylic acid groups (broad SMARTS) is 1. The van der Waals surface area contributed by atoms with E-state index in [1.807, 2.05) is 26.0 Å². The average Bonchev–Trinajstić information content (AvgIpc) is 2.19. The third-order valence-electron chi connectivity index (χ3n) is 2.56. The van der Waals surface area contributed by atoms with Crippen LogP contribution in [-0.2, 0) is 11.2 Å². The first-order valence-corrected chi connectivity index (χ1v) is 5.63. The molecule has 1 N–H and O–H groups in total. The molecule has 0 aliphatic rings. The molecule has 1 aromatic carbocycles. The first-order chi connectivity index (χ1) is 7.97. The number of benzene rings is 1. The summed E-state index contributed by atoms with van der Waals surface area (Å²) in [4.78, 5) is 15.2. The summed E-state index contributed by atoms with van der Waals surface area (Å²) >= 11 is 6.16. The second kappa shape index (κ2) is 4.34. The van der Waals surface area contributed by atoms with Gasteiger partial charge in [-0.1, -0.05) is 23.2 Å². The van der Waals surface area contributed by atoms with Crippen LogP contribution in [0, 0.1) is 13.8 Å². The molecule has 1 aromatic heterocycles. The lowest BCUT2D eigenvalue weighted by Gasteiger charge is -2.08. The van der Waals surface area contributed by atoms with Crippen LogP contribution >= 0.6 is 11.6 Å². The predicted molar refractivity (Wildman–Crippen MR) is 67.6 cm³/mol. The number of halogens is 1. The zero-order chi connectivity index (χ0) is 12.6. The van der Waals surface area contributed by atoms with Crippen molar-refractivity contribution in [2.45, 2.75) is 20.3 Å². The van der Waals surface area contributed by atoms with Gasteiger partial charge in [0.15, 0.2) is 0 Å². The summed E-state index contributed by atoms with van der Waals surface area (Å²) in [5, 5.41) is 10.3. The number of hydrogen-bond acceptors (Lipinski definition) is 2. The second-order valence-electron chi connectivity index (χ2n) is 4.14. The highest BCUT2D eigenvalue weighted by molar-refractivity contribution is 6.35. The van der Waals surface area contributed by atoms with E-state index in [0.717, 1.165) is 16.6 Å². The van der Waals surface area contributed by atoms with Gasteiger partial charge in [-0.15, -0.1) is 0 Å². The summed E-state index contributed by atoms with van der Waals surface area (Å²) in [5.41, 5.74) is 3.17. The van der Waals surface area contributed by atoms with E-state index < -0.39 is 5.97 Å². The number of rotatable bonds is 2. The molecule has 2 rings (SSSR count). The van der Waals surface area contributed by atoms with Crippen molar-refractivity contribution in [3.05, 3.63) is 40.0 Å². The lowest BCUT2D eigenvalue weighted by Crippen LogP contribution is -2.02. The van der Waals surface area contributed by atoms with Crippen molar-refractivity contribution in [1.29, 1.82) is 0 Å². The maximum Gasteiger partial charge on any atom is 0.307 e. The Kier molecular flexibility index (Phi) is 3.03. The second-order valence-corrected chi connectivity index (χ2v) is 4.54. The largest absolute Gasteiger partial charge is 0.481 e. The summed E-state index contributed by atoms with van der Waals surface area (Å²) < 4.78 is 0. The maximum atomic E-state index is 10.8. The van der Waals surface area contributed by atoms with E-state index in [9.17, 15) is 4.79 Å². The van der Waals surface area contributed by atoms with Crippen LogP contribution in [0.25, 0.3) is 10.9 Å². The van der Waals surface area contributed by atoms with E-state index >= 15 is 0 Å². The molecule has 0 unspecified atom stereocenters. The normalized spacial score (nSPS) is 10.8. The van der Waals surface area contributed by atoms with E-state index in [1.54, 1.807) is 6.07 Å². The SMILES string of the molecule is Cc1cc(CC(=O)O)c2nc(C)cc(Cl)c2c1. The molecule has 0 fully saturated rings. The van der Waals surface area contributed by atoms with Gasteiger partial charge in [0, 0.05) is 11.1 Å². The number of aromatic nitrogens is 1. The highest BCUT2D eigenvalue weighted by atomic mass is 35.5. The fourth-order valence-electron chi connectivity index (χ4n) is 1.94. The van der Waals surface area contributed by atoms with Gasteiger partial charge in [0.2, 0.25) is 0 Å². The summed E-state index contributed by atoms with van der Waals surface area (Å²) in [7, 11) is 0. The Hall–Kier alpha value is -1.61. The van der Waals surface area contributed by atoms with Crippen molar-refractivity contribution >= 4 is 28.5 Å². The van der Waals surface area contributed by atoms with Gasteiger partial charge < -0.3 is 5.11 Å². The molecule has 0 atom stereocenters. The molecule has 0 aliphatic carbocycles. The van der Waals surface area contributed by atoms with E-state index in [4.69, 9.17) is 16.7 Å². The zero-order valence-corrected chi connectivity index (χ0v) is 10.4. The first kappa shape index (κ1) is 11.9. The molecule has 17 heavy (non-hydrogen) atoms. The maximum absolute atomic E-state index is 10.8. The molecule has 0 saturated heterocycles. The molecular formula is C13H12ClNO2. The van der Waals surface area contributed by atoms with Crippen LogP contribution in [-0.4, -0.2) is 16.1 Å². The highest BCUT2D eigenvalue weighted by Crippen LogP contribution is 2.27. The molecule has 0 amide bonds. The van der Waals surface area contributed by atoms with Gasteiger partial charge in [-0.2, -0.15) is 0 Å². The third kappa shape index (κ3) is 2.39. The van der Waals surface area contributed by atoms with Crippen molar-refractivity contribution in [2.24, 2.45) is 0 Å². The molecule has 3 nitrogen and oxygen atoms in total. The lowest BCUT2D eigenvalue weighted by atomic mass is 10.0. The molecule has 0 bridgehead atoms. The van der Waals surface area contributed by atoms with E-state index in [0.29, 0.717) is 16.1 Å². The molecule has 88 valence electrons. The van der Waals surface area contributed by atoms with Crippen molar-refractivity contribution in [3.63, 3.8) is 0 Å². The van der Waals surface area contributed by atoms with E-state index in [-0.39, 0.29) is 6.42 Å². The Morgan fingerprint density at radius 2 is 2.06 bits per heavy atom. The smallest absolute Gasteiger partial charge is 0.307 e. The Labute approximate surface area is 104 Å². The predicted octanol–water partition coefficient (Wildman–Crippen LogP) is 3.13. The van der Waals surface area contributed by atoms with Crippen LogP contribution < -0.4 is 0 Å². The molecule has 0 radical (unpaired) electrons. The highest BCUT2D eigenvalue weighted by Gasteiger charge is 2.10. The van der Waals surface area contributed by atoms with Crippen molar-refractivity contribution in [3.8, 4) is 0 Å². The minimum atomic E-state index is -0.865. The van der Waals surface area contributed by atoms with Crippen molar-refractivity contribution < 1.29 is 9.90 Å². The molecule has 1 heterocycles. The Bertz CT molecular complexity index is 608. The Morgan fingerprint density at radius 3 is 2.71 bits per heavy atom. The van der Waals surface area contributed by atoms with Gasteiger partial charge in [-0.3, -0.25) is 9.78 Å². The fourth-order valence-corrected chi connectivity index (χ4v) is 2.24. The van der Waals surface area contributed by atoms with Crippen LogP contribution in [0.4, 0.5) is 0 Å². The van der Waals surface area contributed by atoms with Crippen LogP contribution in [0.15, 0.2) is 18.2 Å². The van der Waals surface area contributed by atoms with Crippen molar-refractivity contribution in [2.75, 3.05) is 0 Å². The van der Waals surface area contributed by atoms with Crippen LogP contribution in [0.2, 0.25) is 5.02 Å². The van der Waals surface area contributed by atoms with Gasteiger partial charge in [-0.05, 0) is 31.5 Å². The number of carbonyl (C=O) groups is 1. The number of fused-ring (bicyclic) bond motifs is 1. The Balaban J connectivity index is 2.77. The number of hydrogen-bond donors (Lipinski definition) is 1. The molecule has 0 saturated carbocycles. The first-order valence-electron chi connectivity index (χ1n) is 5.25. The lowest BCUT2D eigenvalue weighted by molar-refractivity contribution is -0.136. The summed E-state index contributed by atoms with van der Waals surface area (Å²) in [5.74, 6) is -0.865. The van der Waals surface area contributed by atoms with Crippen LogP contribution in [0.5, 0.6) is 0 Å². The number of aliphatic carboxylic acids is 1. The standard InChI is InChI=1S/C13H12ClNO2/c1-7-3-9(6-12(16)17)13-10(4-7)11(14)5-8(2)15-13/h3-5H,6H2,1-2H3,(H,16,17). The summed E-state index contributed by atoms with van der Waals surface area (Å²) in [6.45, 7) is 3.76. The zero-order valence-electron chi connectivity index (χ0n) is 9.62.